The molecule has 1 heterocycles. The van der Waals surface area contributed by atoms with Crippen LogP contribution in [0.2, 0.25) is 0 Å². The van der Waals surface area contributed by atoms with Crippen molar-refractivity contribution < 1.29 is 41.1 Å². The molecular weight excluding hydrogens is 460 g/mol. The van der Waals surface area contributed by atoms with Crippen LogP contribution >= 0.6 is 34.9 Å². The minimum Gasteiger partial charge on any atom is -0.343 e. The lowest BCUT2D eigenvalue weighted by atomic mass is 10.1. The number of carbonyl (C=O) groups excluding carboxylic acids is 1. The number of rotatable bonds is 4. The Morgan fingerprint density at radius 1 is 1.24 bits per heavy atom. The van der Waals surface area contributed by atoms with Crippen LogP contribution in [0.1, 0.15) is 15.2 Å². The molecular formula is C12H8BrF5NO4PS. The minimum absolute atomic E-state index is 0.0211. The molecule has 0 spiro atoms. The maximum absolute atomic E-state index is 13.9. The Kier molecular flexibility index (Phi) is 5.33. The van der Waals surface area contributed by atoms with Crippen LogP contribution in [0.15, 0.2) is 22.7 Å². The van der Waals surface area contributed by atoms with Crippen molar-refractivity contribution in [3.8, 4) is 0 Å². The van der Waals surface area contributed by atoms with Crippen LogP contribution in [-0.2, 0) is 10.2 Å². The van der Waals surface area contributed by atoms with Crippen molar-refractivity contribution in [1.29, 1.82) is 0 Å². The fourth-order valence-corrected chi connectivity index (χ4v) is 4.74. The molecule has 1 aromatic heterocycles. The van der Waals surface area contributed by atoms with E-state index in [0.29, 0.717) is 11.3 Å². The molecule has 0 aliphatic carbocycles. The molecule has 5 nitrogen and oxygen atoms in total. The number of thiophene rings is 1. The number of fused-ring (bicyclic) bond motifs is 1. The van der Waals surface area contributed by atoms with E-state index in [0.717, 1.165) is 12.1 Å². The zero-order chi connectivity index (χ0) is 19.2. The molecule has 0 aliphatic rings. The van der Waals surface area contributed by atoms with Gasteiger partial charge in [-0.15, -0.1) is 11.3 Å². The Morgan fingerprint density at radius 2 is 1.84 bits per heavy atom. The zero-order valence-electron chi connectivity index (χ0n) is 11.8. The van der Waals surface area contributed by atoms with E-state index < -0.39 is 36.8 Å². The summed E-state index contributed by atoms with van der Waals surface area (Å²) in [5, 5.41) is 1.66. The highest BCUT2D eigenvalue weighted by Crippen LogP contribution is 2.62. The normalized spacial score (nSPS) is 13.3. The summed E-state index contributed by atoms with van der Waals surface area (Å²) in [6.45, 7) is -1.56. The fourth-order valence-electron chi connectivity index (χ4n) is 1.82. The van der Waals surface area contributed by atoms with Gasteiger partial charge in [-0.3, -0.25) is 9.36 Å². The highest BCUT2D eigenvalue weighted by atomic mass is 79.9. The first kappa shape index (κ1) is 20.2. The Bertz CT molecular complexity index is 878. The highest BCUT2D eigenvalue weighted by Gasteiger charge is 2.53. The summed E-state index contributed by atoms with van der Waals surface area (Å²) >= 11 is 3.20. The second kappa shape index (κ2) is 6.58. The van der Waals surface area contributed by atoms with Gasteiger partial charge in [0.2, 0.25) is 0 Å². The van der Waals surface area contributed by atoms with Gasteiger partial charge in [-0.2, -0.15) is 22.0 Å². The van der Waals surface area contributed by atoms with Crippen LogP contribution in [0.5, 0.6) is 0 Å². The van der Waals surface area contributed by atoms with Gasteiger partial charge in [0.1, 0.15) is 11.4 Å². The monoisotopic (exact) mass is 467 g/mol. The summed E-state index contributed by atoms with van der Waals surface area (Å²) in [6.07, 6.45) is -4.61. The molecule has 1 aromatic carbocycles. The first-order chi connectivity index (χ1) is 11.2. The maximum Gasteiger partial charge on any atom is 0.405 e. The van der Waals surface area contributed by atoms with E-state index in [4.69, 9.17) is 9.79 Å². The van der Waals surface area contributed by atoms with Crippen molar-refractivity contribution in [3.63, 3.8) is 0 Å². The van der Waals surface area contributed by atoms with E-state index in [-0.39, 0.29) is 20.1 Å². The average Bonchev–Trinajstić information content (AvgIpc) is 2.80. The number of hydrogen-bond acceptors (Lipinski definition) is 3. The van der Waals surface area contributed by atoms with Crippen molar-refractivity contribution >= 4 is 50.9 Å². The van der Waals surface area contributed by atoms with Crippen molar-refractivity contribution in [1.82, 2.24) is 5.32 Å². The predicted molar refractivity (Wildman–Crippen MR) is 83.9 cm³/mol. The van der Waals surface area contributed by atoms with E-state index >= 15 is 0 Å². The van der Waals surface area contributed by atoms with E-state index in [1.54, 1.807) is 5.32 Å². The first-order valence-corrected chi connectivity index (χ1v) is 9.47. The van der Waals surface area contributed by atoms with Gasteiger partial charge in [-0.05, 0) is 34.1 Å². The van der Waals surface area contributed by atoms with Crippen LogP contribution in [0.3, 0.4) is 0 Å². The molecule has 25 heavy (non-hydrogen) atoms. The van der Waals surface area contributed by atoms with Crippen LogP contribution in [0.4, 0.5) is 22.0 Å². The standard InChI is InChI=1S/C12H8BrF5NO4PS/c13-8-6-3-5(10(20)19-4-11(14,15)16)1-2-7(6)25-9(8)12(17,18)24(21,22)23/h1-3H,4H2,(H,19,20)(H2,21,22,23). The Hall–Kier alpha value is -1.07. The van der Waals surface area contributed by atoms with E-state index in [1.165, 1.54) is 6.07 Å². The zero-order valence-corrected chi connectivity index (χ0v) is 15.1. The lowest BCUT2D eigenvalue weighted by Gasteiger charge is -2.16. The predicted octanol–water partition coefficient (Wildman–Crippen LogP) is 4.18. The molecule has 0 saturated heterocycles. The quantitative estimate of drug-likeness (QED) is 0.465. The minimum atomic E-state index is -5.79. The fraction of sp³-hybridized carbons (Fsp3) is 0.250. The largest absolute Gasteiger partial charge is 0.405 e. The number of amides is 1. The molecule has 13 heteroatoms. The van der Waals surface area contributed by atoms with Gasteiger partial charge in [0.05, 0.1) is 0 Å². The van der Waals surface area contributed by atoms with Gasteiger partial charge in [0.15, 0.2) is 0 Å². The molecule has 0 saturated carbocycles. The van der Waals surface area contributed by atoms with Gasteiger partial charge in [-0.1, -0.05) is 0 Å². The highest BCUT2D eigenvalue weighted by molar-refractivity contribution is 9.10. The lowest BCUT2D eigenvalue weighted by molar-refractivity contribution is -0.123. The third kappa shape index (κ3) is 4.20. The molecule has 3 N–H and O–H groups in total. The number of carbonyl (C=O) groups is 1. The molecule has 0 unspecified atom stereocenters. The third-order valence-electron chi connectivity index (χ3n) is 2.98. The maximum atomic E-state index is 13.9. The van der Waals surface area contributed by atoms with E-state index in [9.17, 15) is 31.3 Å². The molecule has 0 atom stereocenters. The lowest BCUT2D eigenvalue weighted by Crippen LogP contribution is -2.33. The van der Waals surface area contributed by atoms with Crippen LogP contribution in [0.25, 0.3) is 10.1 Å². The molecule has 0 bridgehead atoms. The molecule has 1 amide bonds. The molecule has 0 radical (unpaired) electrons. The summed E-state index contributed by atoms with van der Waals surface area (Å²) < 4.78 is 74.9. The van der Waals surface area contributed by atoms with Crippen molar-refractivity contribution in [2.45, 2.75) is 11.8 Å². The van der Waals surface area contributed by atoms with Gasteiger partial charge in [0, 0.05) is 20.1 Å². The summed E-state index contributed by atoms with van der Waals surface area (Å²) in [5.41, 5.74) is -4.67. The Balaban J connectivity index is 2.43. The van der Waals surface area contributed by atoms with Gasteiger partial charge in [-0.25, -0.2) is 0 Å². The molecule has 2 rings (SSSR count). The van der Waals surface area contributed by atoms with Crippen molar-refractivity contribution in [3.05, 3.63) is 33.1 Å². The Morgan fingerprint density at radius 3 is 2.36 bits per heavy atom. The summed E-state index contributed by atoms with van der Waals surface area (Å²) in [5.74, 6) is -1.07. The van der Waals surface area contributed by atoms with Gasteiger partial charge in [0.25, 0.3) is 5.91 Å². The molecule has 0 aliphatic heterocycles. The van der Waals surface area contributed by atoms with Crippen molar-refractivity contribution in [2.24, 2.45) is 0 Å². The van der Waals surface area contributed by atoms with Crippen LogP contribution < -0.4 is 5.32 Å². The van der Waals surface area contributed by atoms with Crippen LogP contribution in [-0.4, -0.2) is 28.4 Å². The molecule has 2 aromatic rings. The van der Waals surface area contributed by atoms with Crippen molar-refractivity contribution in [2.75, 3.05) is 6.54 Å². The second-order valence-electron chi connectivity index (χ2n) is 4.84. The SMILES string of the molecule is O=C(NCC(F)(F)F)c1ccc2sc(C(F)(F)P(=O)(O)O)c(Br)c2c1. The number of hydrogen-bond donors (Lipinski definition) is 3. The third-order valence-corrected chi connectivity index (χ3v) is 6.41. The van der Waals surface area contributed by atoms with E-state index in [2.05, 4.69) is 15.9 Å². The Labute approximate surface area is 149 Å². The topological polar surface area (TPSA) is 86.6 Å². The van der Waals surface area contributed by atoms with Gasteiger partial charge >= 0.3 is 19.4 Å². The summed E-state index contributed by atoms with van der Waals surface area (Å²) in [7, 11) is -5.79. The van der Waals surface area contributed by atoms with E-state index in [1.807, 2.05) is 0 Å². The first-order valence-electron chi connectivity index (χ1n) is 6.25. The summed E-state index contributed by atoms with van der Waals surface area (Å²) in [4.78, 5) is 28.4. The molecule has 0 fully saturated rings. The van der Waals surface area contributed by atoms with Gasteiger partial charge < -0.3 is 15.1 Å². The second-order valence-corrected chi connectivity index (χ2v) is 8.33. The smallest absolute Gasteiger partial charge is 0.343 e. The van der Waals surface area contributed by atoms with Crippen LogP contribution in [0, 0.1) is 0 Å². The number of alkyl halides is 5. The summed E-state index contributed by atoms with van der Waals surface area (Å²) in [6, 6.07) is 3.38. The number of benzene rings is 1. The molecule has 138 valence electrons. The average molecular weight is 468 g/mol. The number of halogens is 6. The number of nitrogens with one attached hydrogen (secondary N) is 1.